The van der Waals surface area contributed by atoms with Gasteiger partial charge in [0.2, 0.25) is 0 Å². The molecule has 14 heavy (non-hydrogen) atoms. The van der Waals surface area contributed by atoms with E-state index in [9.17, 15) is 9.90 Å². The van der Waals surface area contributed by atoms with Crippen molar-refractivity contribution in [2.45, 2.75) is 13.0 Å². The van der Waals surface area contributed by atoms with Gasteiger partial charge < -0.3 is 15.2 Å². The Hall–Kier alpha value is -1.71. The Balaban J connectivity index is 2.32. The van der Waals surface area contributed by atoms with E-state index < -0.39 is 6.09 Å². The molecular weight excluding hydrogens is 182 g/mol. The van der Waals surface area contributed by atoms with E-state index in [2.05, 4.69) is 5.32 Å². The standard InChI is InChI=1S/C10H11NO3/c1-6-3-2-4-7(9(6)12)8-5-14-10(13)11-8/h2-4,8,12H,5H2,1H3,(H,11,13)/t8-/m1/s1. The molecule has 74 valence electrons. The number of rotatable bonds is 1. The zero-order valence-corrected chi connectivity index (χ0v) is 7.78. The fourth-order valence-electron chi connectivity index (χ4n) is 1.51. The molecule has 4 nitrogen and oxygen atoms in total. The van der Waals surface area contributed by atoms with Crippen LogP contribution in [0.2, 0.25) is 0 Å². The monoisotopic (exact) mass is 193 g/mol. The number of ether oxygens (including phenoxy) is 1. The maximum Gasteiger partial charge on any atom is 0.407 e. The lowest BCUT2D eigenvalue weighted by atomic mass is 10.0. The highest BCUT2D eigenvalue weighted by Crippen LogP contribution is 2.29. The SMILES string of the molecule is Cc1cccc([C@H]2COC(=O)N2)c1O. The van der Waals surface area contributed by atoms with Crippen LogP contribution in [0.1, 0.15) is 17.2 Å². The van der Waals surface area contributed by atoms with E-state index in [1.54, 1.807) is 6.07 Å². The highest BCUT2D eigenvalue weighted by Gasteiger charge is 2.26. The lowest BCUT2D eigenvalue weighted by Crippen LogP contribution is -2.18. The van der Waals surface area contributed by atoms with Crippen LogP contribution in [0, 0.1) is 6.92 Å². The molecule has 2 N–H and O–H groups in total. The van der Waals surface area contributed by atoms with Crippen LogP contribution >= 0.6 is 0 Å². The molecule has 1 atom stereocenters. The molecule has 0 bridgehead atoms. The molecule has 1 amide bonds. The van der Waals surface area contributed by atoms with Gasteiger partial charge >= 0.3 is 6.09 Å². The number of carbonyl (C=O) groups excluding carboxylic acids is 1. The first-order valence-electron chi connectivity index (χ1n) is 4.40. The molecule has 1 aromatic rings. The van der Waals surface area contributed by atoms with Gasteiger partial charge in [0, 0.05) is 5.56 Å². The van der Waals surface area contributed by atoms with Crippen LogP contribution in [0.4, 0.5) is 4.79 Å². The number of hydrogen-bond acceptors (Lipinski definition) is 3. The van der Waals surface area contributed by atoms with Crippen molar-refractivity contribution in [1.82, 2.24) is 5.32 Å². The molecule has 1 aliphatic heterocycles. The predicted molar refractivity (Wildman–Crippen MR) is 50.1 cm³/mol. The molecule has 1 aliphatic rings. The van der Waals surface area contributed by atoms with E-state index in [1.807, 2.05) is 19.1 Å². The summed E-state index contributed by atoms with van der Waals surface area (Å²) in [5, 5.41) is 12.4. The Labute approximate surface area is 81.5 Å². The maximum absolute atomic E-state index is 10.8. The van der Waals surface area contributed by atoms with Crippen molar-refractivity contribution in [3.63, 3.8) is 0 Å². The summed E-state index contributed by atoms with van der Waals surface area (Å²) in [5.74, 6) is 0.225. The second-order valence-corrected chi connectivity index (χ2v) is 3.31. The van der Waals surface area contributed by atoms with Crippen LogP contribution in [-0.2, 0) is 4.74 Å². The predicted octanol–water partition coefficient (Wildman–Crippen LogP) is 1.48. The zero-order chi connectivity index (χ0) is 10.1. The van der Waals surface area contributed by atoms with Crippen LogP contribution in [0.15, 0.2) is 18.2 Å². The Morgan fingerprint density at radius 2 is 2.36 bits per heavy atom. The molecule has 1 saturated heterocycles. The molecule has 0 spiro atoms. The quantitative estimate of drug-likeness (QED) is 0.710. The minimum Gasteiger partial charge on any atom is -0.507 e. The van der Waals surface area contributed by atoms with Gasteiger partial charge in [-0.1, -0.05) is 18.2 Å². The first kappa shape index (κ1) is 8.87. The lowest BCUT2D eigenvalue weighted by Gasteiger charge is -2.11. The van der Waals surface area contributed by atoms with E-state index in [0.717, 1.165) is 5.56 Å². The van der Waals surface area contributed by atoms with E-state index in [0.29, 0.717) is 5.56 Å². The molecule has 1 aromatic carbocycles. The number of amides is 1. The molecule has 1 fully saturated rings. The summed E-state index contributed by atoms with van der Waals surface area (Å²) < 4.78 is 4.75. The van der Waals surface area contributed by atoms with E-state index in [1.165, 1.54) is 0 Å². The molecule has 0 aliphatic carbocycles. The van der Waals surface area contributed by atoms with Crippen molar-refractivity contribution in [3.05, 3.63) is 29.3 Å². The summed E-state index contributed by atoms with van der Waals surface area (Å²) in [5.41, 5.74) is 1.50. The number of benzene rings is 1. The molecule has 0 saturated carbocycles. The van der Waals surface area contributed by atoms with Gasteiger partial charge in [0.1, 0.15) is 12.4 Å². The van der Waals surface area contributed by atoms with Crippen molar-refractivity contribution in [2.24, 2.45) is 0 Å². The number of alkyl carbamates (subject to hydrolysis) is 1. The van der Waals surface area contributed by atoms with Crippen molar-refractivity contribution >= 4 is 6.09 Å². The fourth-order valence-corrected chi connectivity index (χ4v) is 1.51. The van der Waals surface area contributed by atoms with Crippen molar-refractivity contribution < 1.29 is 14.6 Å². The van der Waals surface area contributed by atoms with Gasteiger partial charge in [-0.05, 0) is 12.5 Å². The molecule has 0 radical (unpaired) electrons. The molecule has 0 unspecified atom stereocenters. The maximum atomic E-state index is 10.8. The highest BCUT2D eigenvalue weighted by atomic mass is 16.6. The van der Waals surface area contributed by atoms with Gasteiger partial charge in [0.05, 0.1) is 6.04 Å². The van der Waals surface area contributed by atoms with E-state index >= 15 is 0 Å². The summed E-state index contributed by atoms with van der Waals surface area (Å²) in [7, 11) is 0. The topological polar surface area (TPSA) is 58.6 Å². The van der Waals surface area contributed by atoms with Crippen LogP contribution in [0.25, 0.3) is 0 Å². The average Bonchev–Trinajstić information content (AvgIpc) is 2.57. The third-order valence-electron chi connectivity index (χ3n) is 2.32. The molecule has 2 rings (SSSR count). The van der Waals surface area contributed by atoms with Crippen molar-refractivity contribution in [3.8, 4) is 5.75 Å². The van der Waals surface area contributed by atoms with Gasteiger partial charge in [0.25, 0.3) is 0 Å². The van der Waals surface area contributed by atoms with Crippen LogP contribution in [-0.4, -0.2) is 17.8 Å². The Morgan fingerprint density at radius 1 is 1.57 bits per heavy atom. The molecule has 4 heteroatoms. The second kappa shape index (κ2) is 3.21. The number of aromatic hydroxyl groups is 1. The van der Waals surface area contributed by atoms with Gasteiger partial charge in [-0.2, -0.15) is 0 Å². The minimum atomic E-state index is -0.434. The van der Waals surface area contributed by atoms with Gasteiger partial charge in [-0.25, -0.2) is 4.79 Å². The Bertz CT molecular complexity index is 376. The normalized spacial score (nSPS) is 20.4. The molecule has 0 aromatic heterocycles. The third-order valence-corrected chi connectivity index (χ3v) is 2.32. The summed E-state index contributed by atoms with van der Waals surface area (Å²) in [6, 6.07) is 5.20. The molecular formula is C10H11NO3. The number of carbonyl (C=O) groups is 1. The van der Waals surface area contributed by atoms with Crippen LogP contribution in [0.3, 0.4) is 0 Å². The number of hydrogen-bond donors (Lipinski definition) is 2. The smallest absolute Gasteiger partial charge is 0.407 e. The molecule has 1 heterocycles. The highest BCUT2D eigenvalue weighted by molar-refractivity contribution is 5.70. The largest absolute Gasteiger partial charge is 0.507 e. The van der Waals surface area contributed by atoms with Gasteiger partial charge in [0.15, 0.2) is 0 Å². The number of nitrogens with one attached hydrogen (secondary N) is 1. The zero-order valence-electron chi connectivity index (χ0n) is 7.78. The number of aryl methyl sites for hydroxylation is 1. The van der Waals surface area contributed by atoms with E-state index in [-0.39, 0.29) is 18.4 Å². The summed E-state index contributed by atoms with van der Waals surface area (Å²) in [4.78, 5) is 10.8. The summed E-state index contributed by atoms with van der Waals surface area (Å²) in [6.07, 6.45) is -0.434. The Kier molecular flexibility index (Phi) is 2.04. The van der Waals surface area contributed by atoms with Crippen molar-refractivity contribution in [2.75, 3.05) is 6.61 Å². The first-order valence-corrected chi connectivity index (χ1v) is 4.40. The number of phenols is 1. The summed E-state index contributed by atoms with van der Waals surface area (Å²) in [6.45, 7) is 2.09. The number of cyclic esters (lactones) is 1. The van der Waals surface area contributed by atoms with Gasteiger partial charge in [-0.15, -0.1) is 0 Å². The average molecular weight is 193 g/mol. The van der Waals surface area contributed by atoms with Crippen molar-refractivity contribution in [1.29, 1.82) is 0 Å². The van der Waals surface area contributed by atoms with Crippen LogP contribution in [0.5, 0.6) is 5.75 Å². The summed E-state index contributed by atoms with van der Waals surface area (Å²) >= 11 is 0. The number of phenolic OH excluding ortho intramolecular Hbond substituents is 1. The second-order valence-electron chi connectivity index (χ2n) is 3.31. The van der Waals surface area contributed by atoms with Crippen LogP contribution < -0.4 is 5.32 Å². The minimum absolute atomic E-state index is 0.225. The number of para-hydroxylation sites is 1. The third kappa shape index (κ3) is 1.39. The van der Waals surface area contributed by atoms with Gasteiger partial charge in [-0.3, -0.25) is 0 Å². The lowest BCUT2D eigenvalue weighted by molar-refractivity contribution is 0.177. The fraction of sp³-hybridized carbons (Fsp3) is 0.300. The Morgan fingerprint density at radius 3 is 3.00 bits per heavy atom. The van der Waals surface area contributed by atoms with E-state index in [4.69, 9.17) is 4.74 Å². The first-order chi connectivity index (χ1) is 6.68.